The number of rotatable bonds is 20. The molecule has 0 heterocycles. The van der Waals surface area contributed by atoms with Gasteiger partial charge in [-0.25, -0.2) is 0 Å². The number of hydrogen-bond donors (Lipinski definition) is 2. The predicted molar refractivity (Wildman–Crippen MR) is 174 cm³/mol. The van der Waals surface area contributed by atoms with Crippen molar-refractivity contribution in [1.82, 2.24) is 0 Å². The summed E-state index contributed by atoms with van der Waals surface area (Å²) in [6.45, 7) is 4.49. The van der Waals surface area contributed by atoms with Crippen molar-refractivity contribution in [2.24, 2.45) is 0 Å². The van der Waals surface area contributed by atoms with Gasteiger partial charge < -0.3 is 0 Å². The molecule has 0 saturated carbocycles. The van der Waals surface area contributed by atoms with Crippen molar-refractivity contribution in [3.63, 3.8) is 0 Å². The van der Waals surface area contributed by atoms with E-state index in [1.165, 1.54) is 64.2 Å². The first-order chi connectivity index (χ1) is 19.5. The average molecular weight is 565 g/mol. The molecule has 0 saturated heterocycles. The summed E-state index contributed by atoms with van der Waals surface area (Å²) in [5.41, 5.74) is 1.95. The van der Waals surface area contributed by atoms with Crippen LogP contribution in [0.4, 0.5) is 0 Å². The molecule has 0 spiro atoms. The molecule has 0 radical (unpaired) electrons. The van der Waals surface area contributed by atoms with E-state index >= 15 is 0 Å². The van der Waals surface area contributed by atoms with Crippen LogP contribution in [0.25, 0.3) is 0 Å². The van der Waals surface area contributed by atoms with Crippen LogP contribution in [-0.4, -0.2) is 9.79 Å². The van der Waals surface area contributed by atoms with Gasteiger partial charge in [0.05, 0.1) is 0 Å². The molecular weight excluding hydrogens is 511 g/mol. The molecule has 3 aromatic rings. The first-order valence-corrected chi connectivity index (χ1v) is 18.0. The number of hydrogen-bond acceptors (Lipinski definition) is 3. The van der Waals surface area contributed by atoms with E-state index in [9.17, 15) is 9.79 Å². The topological polar surface area (TPSA) is 49.7 Å². The summed E-state index contributed by atoms with van der Waals surface area (Å²) < 4.78 is 6.43. The third-order valence-electron chi connectivity index (χ3n) is 7.97. The fraction of sp³-hybridized carbons (Fsp3) is 0.500. The quantitative estimate of drug-likeness (QED) is 0.106. The zero-order valence-electron chi connectivity index (χ0n) is 25.1. The molecule has 0 unspecified atom stereocenters. The number of para-hydroxylation sites is 1. The van der Waals surface area contributed by atoms with E-state index in [0.29, 0.717) is 16.4 Å². The summed E-state index contributed by atoms with van der Waals surface area (Å²) in [4.78, 5) is 25.4. The zero-order valence-corrected chi connectivity index (χ0v) is 26.0. The zero-order chi connectivity index (χ0) is 28.5. The second-order valence-electron chi connectivity index (χ2n) is 11.4. The maximum atomic E-state index is 12.7. The molecule has 0 atom stereocenters. The molecule has 0 fully saturated rings. The molecule has 40 heavy (non-hydrogen) atoms. The molecule has 0 aromatic heterocycles. The molecule has 0 aliphatic heterocycles. The Morgan fingerprint density at radius 1 is 0.475 bits per heavy atom. The van der Waals surface area contributed by atoms with E-state index in [-0.39, 0.29) is 0 Å². The fourth-order valence-corrected chi connectivity index (χ4v) is 8.78. The summed E-state index contributed by atoms with van der Waals surface area (Å²) in [6.07, 6.45) is 18.7. The van der Waals surface area contributed by atoms with E-state index < -0.39 is 7.28 Å². The van der Waals surface area contributed by atoms with Crippen molar-refractivity contribution in [2.75, 3.05) is 0 Å². The maximum absolute atomic E-state index is 12.7. The van der Waals surface area contributed by atoms with Crippen LogP contribution < -0.4 is 15.1 Å². The first-order valence-electron chi connectivity index (χ1n) is 15.9. The second kappa shape index (κ2) is 16.9. The van der Waals surface area contributed by atoms with Crippen LogP contribution in [0.2, 0.25) is 0 Å². The van der Waals surface area contributed by atoms with Crippen molar-refractivity contribution < 1.29 is 14.3 Å². The van der Waals surface area contributed by atoms with Gasteiger partial charge in [0.25, 0.3) is 0 Å². The van der Waals surface area contributed by atoms with Crippen molar-refractivity contribution in [2.45, 2.75) is 117 Å². The van der Waals surface area contributed by atoms with Crippen LogP contribution in [0.1, 0.15) is 115 Å². The van der Waals surface area contributed by atoms with E-state index in [4.69, 9.17) is 4.52 Å². The van der Waals surface area contributed by atoms with E-state index in [1.54, 1.807) is 0 Å². The van der Waals surface area contributed by atoms with Gasteiger partial charge in [0.1, 0.15) is 0 Å². The van der Waals surface area contributed by atoms with Crippen LogP contribution in [-0.2, 0) is 12.8 Å². The van der Waals surface area contributed by atoms with Gasteiger partial charge in [-0.1, -0.05) is 0 Å². The third kappa shape index (κ3) is 9.44. The molecule has 0 bridgehead atoms. The number of unbranched alkanes of at least 4 members (excludes halogenated alkanes) is 12. The van der Waals surface area contributed by atoms with Crippen LogP contribution >= 0.6 is 7.28 Å². The Morgan fingerprint density at radius 2 is 0.850 bits per heavy atom. The van der Waals surface area contributed by atoms with Crippen LogP contribution in [0, 0.1) is 0 Å². The Morgan fingerprint density at radius 3 is 1.30 bits per heavy atom. The van der Waals surface area contributed by atoms with Crippen molar-refractivity contribution in [1.29, 1.82) is 0 Å². The Hall–Kier alpha value is -2.19. The molecule has 3 rings (SSSR count). The van der Waals surface area contributed by atoms with E-state index in [2.05, 4.69) is 13.8 Å². The SMILES string of the molecule is CCCCCCCCCc1ccccc1P(O)(O)(Oc1ccccc1)c1ccccc1CCCCCCCCC. The minimum atomic E-state index is -5.02. The molecule has 3 nitrogen and oxygen atoms in total. The van der Waals surface area contributed by atoms with Crippen molar-refractivity contribution in [3.05, 3.63) is 90.0 Å². The van der Waals surface area contributed by atoms with Gasteiger partial charge >= 0.3 is 245 Å². The Labute approximate surface area is 244 Å². The van der Waals surface area contributed by atoms with Crippen molar-refractivity contribution >= 4 is 17.9 Å². The Balaban J connectivity index is 1.88. The standard InChI is InChI=1S/C36H53O3P/c1-3-5-7-9-11-13-16-24-32-26-20-22-30-35(32)40(37,38,39-34-28-18-15-19-29-34)36-31-23-21-27-33(36)25-17-14-12-10-8-6-4-2/h15,18-23,26-31,37-38H,3-14,16-17,24-25H2,1-2H3. The van der Waals surface area contributed by atoms with Gasteiger partial charge in [0.2, 0.25) is 0 Å². The summed E-state index contributed by atoms with van der Waals surface area (Å²) in [7, 11) is -5.02. The summed E-state index contributed by atoms with van der Waals surface area (Å²) in [6, 6.07) is 25.0. The van der Waals surface area contributed by atoms with E-state index in [0.717, 1.165) is 49.7 Å². The van der Waals surface area contributed by atoms with E-state index in [1.807, 2.05) is 78.9 Å². The average Bonchev–Trinajstić information content (AvgIpc) is 2.97. The molecule has 220 valence electrons. The molecule has 2 N–H and O–H groups in total. The summed E-state index contributed by atoms with van der Waals surface area (Å²) in [5.74, 6) is 0.474. The van der Waals surface area contributed by atoms with Gasteiger partial charge in [-0.3, -0.25) is 0 Å². The van der Waals surface area contributed by atoms with Gasteiger partial charge in [-0.2, -0.15) is 0 Å². The number of aryl methyl sites for hydroxylation is 2. The Bertz CT molecular complexity index is 1050. The van der Waals surface area contributed by atoms with Crippen LogP contribution in [0.5, 0.6) is 5.75 Å². The molecule has 0 aliphatic rings. The van der Waals surface area contributed by atoms with Crippen LogP contribution in [0.15, 0.2) is 78.9 Å². The molecule has 0 aliphatic carbocycles. The van der Waals surface area contributed by atoms with Gasteiger partial charge in [-0.15, -0.1) is 0 Å². The molecule has 0 amide bonds. The molecule has 3 aromatic carbocycles. The predicted octanol–water partition coefficient (Wildman–Crippen LogP) is 9.59. The minimum absolute atomic E-state index is 0.474. The Kier molecular flexibility index (Phi) is 13.7. The third-order valence-corrected chi connectivity index (χ3v) is 11.1. The first kappa shape index (κ1) is 32.3. The molecule has 4 heteroatoms. The van der Waals surface area contributed by atoms with Gasteiger partial charge in [0, 0.05) is 0 Å². The monoisotopic (exact) mass is 564 g/mol. The molecular formula is C36H53O3P. The fourth-order valence-electron chi connectivity index (χ4n) is 5.69. The summed E-state index contributed by atoms with van der Waals surface area (Å²) >= 11 is 0. The van der Waals surface area contributed by atoms with Crippen LogP contribution in [0.3, 0.4) is 0 Å². The van der Waals surface area contributed by atoms with Gasteiger partial charge in [0.15, 0.2) is 0 Å². The second-order valence-corrected chi connectivity index (χ2v) is 14.4. The normalized spacial score (nSPS) is 12.7. The summed E-state index contributed by atoms with van der Waals surface area (Å²) in [5, 5.41) is 1.07. The number of benzene rings is 3. The van der Waals surface area contributed by atoms with Gasteiger partial charge in [-0.05, 0) is 0 Å². The van der Waals surface area contributed by atoms with Crippen molar-refractivity contribution in [3.8, 4) is 5.75 Å².